The first-order valence-electron chi connectivity index (χ1n) is 15.9. The molecule has 0 radical (unpaired) electrons. The molecule has 5 aromatic rings. The van der Waals surface area contributed by atoms with Crippen molar-refractivity contribution in [3.63, 3.8) is 0 Å². The van der Waals surface area contributed by atoms with Gasteiger partial charge in [0.1, 0.15) is 16.2 Å². The summed E-state index contributed by atoms with van der Waals surface area (Å²) in [5, 5.41) is 2.69. The molecule has 8 heteroatoms. The third-order valence-electron chi connectivity index (χ3n) is 8.65. The zero-order chi connectivity index (χ0) is 32.9. The second-order valence-electron chi connectivity index (χ2n) is 12.0. The lowest BCUT2D eigenvalue weighted by molar-refractivity contribution is -0.156. The fourth-order valence-corrected chi connectivity index (χ4v) is 9.04. The number of benzene rings is 5. The number of fused-ring (bicyclic) bond motifs is 1. The Morgan fingerprint density at radius 2 is 1.31 bits per heavy atom. The van der Waals surface area contributed by atoms with Crippen molar-refractivity contribution >= 4 is 41.3 Å². The van der Waals surface area contributed by atoms with Crippen molar-refractivity contribution in [1.29, 1.82) is 0 Å². The highest BCUT2D eigenvalue weighted by molar-refractivity contribution is 8.05. The van der Waals surface area contributed by atoms with Crippen molar-refractivity contribution in [2.45, 2.75) is 33.6 Å². The highest BCUT2D eigenvalue weighted by atomic mass is 32.2. The molecular weight excluding hydrogens is 637 g/mol. The van der Waals surface area contributed by atoms with Crippen molar-refractivity contribution in [1.82, 2.24) is 10.2 Å². The largest absolute Gasteiger partial charge is 0.451 e. The van der Waals surface area contributed by atoms with E-state index in [0.29, 0.717) is 5.75 Å². The molecule has 1 unspecified atom stereocenters. The Labute approximate surface area is 288 Å². The van der Waals surface area contributed by atoms with E-state index < -0.39 is 16.9 Å². The zero-order valence-corrected chi connectivity index (χ0v) is 27.7. The Kier molecular flexibility index (Phi) is 9.36. The summed E-state index contributed by atoms with van der Waals surface area (Å²) in [7, 11) is 0. The van der Waals surface area contributed by atoms with Crippen molar-refractivity contribution in [3.05, 3.63) is 162 Å². The molecule has 0 aliphatic carbocycles. The second-order valence-corrected chi connectivity index (χ2v) is 14.5. The summed E-state index contributed by atoms with van der Waals surface area (Å²) in [6.45, 7) is 0.175. The number of nitrogens with one attached hydrogen (secondary N) is 1. The molecule has 0 saturated carbocycles. The molecule has 2 aliphatic heterocycles. The van der Waals surface area contributed by atoms with Gasteiger partial charge < -0.3 is 15.0 Å². The number of amides is 2. The van der Waals surface area contributed by atoms with Crippen LogP contribution < -0.4 is 5.32 Å². The van der Waals surface area contributed by atoms with Crippen LogP contribution in [0.15, 0.2) is 150 Å². The lowest BCUT2D eigenvalue weighted by Gasteiger charge is -2.54. The van der Waals surface area contributed by atoms with Gasteiger partial charge in [0.2, 0.25) is 11.8 Å². The first-order valence-corrected chi connectivity index (χ1v) is 17.8. The van der Waals surface area contributed by atoms with Gasteiger partial charge in [-0.05, 0) is 39.9 Å². The maximum absolute atomic E-state index is 14.6. The molecule has 1 N–H and O–H groups in total. The van der Waals surface area contributed by atoms with E-state index >= 15 is 0 Å². The molecule has 2 heterocycles. The fraction of sp³-hybridized carbons (Fsp3) is 0.175. The quantitative estimate of drug-likeness (QED) is 0.126. The van der Waals surface area contributed by atoms with Crippen LogP contribution in [-0.4, -0.2) is 51.1 Å². The van der Waals surface area contributed by atoms with Crippen LogP contribution in [0.1, 0.15) is 22.8 Å². The standard InChI is InChI=1S/C40H34N2O4S2/c43-34(25-28-13-5-1-6-14-28)41-35-37(44)42-26-40(27-47-38(35)42,48-33-23-21-30(22-24-33)29-15-7-2-8-16-29)39(45)46-36(31-17-9-3-10-18-31)32-19-11-4-12-20-32/h1-24,35-36,38H,25-27H2,(H,41,43)/t35-,38-,40?/m1/s1. The minimum Gasteiger partial charge on any atom is -0.451 e. The Hall–Kier alpha value is -4.79. The second kappa shape index (κ2) is 14.1. The van der Waals surface area contributed by atoms with Crippen LogP contribution in [0.2, 0.25) is 0 Å². The Morgan fingerprint density at radius 1 is 0.771 bits per heavy atom. The maximum Gasteiger partial charge on any atom is 0.326 e. The first-order chi connectivity index (χ1) is 23.5. The summed E-state index contributed by atoms with van der Waals surface area (Å²) in [5.74, 6) is -0.356. The highest BCUT2D eigenvalue weighted by Crippen LogP contribution is 2.48. The minimum atomic E-state index is -1.08. The molecule has 2 aliphatic rings. The van der Waals surface area contributed by atoms with E-state index in [4.69, 9.17) is 4.74 Å². The monoisotopic (exact) mass is 670 g/mol. The lowest BCUT2D eigenvalue weighted by atomic mass is 9.99. The molecule has 3 atom stereocenters. The minimum absolute atomic E-state index is 0.175. The number of thioether (sulfide) groups is 2. The highest BCUT2D eigenvalue weighted by Gasteiger charge is 2.58. The van der Waals surface area contributed by atoms with Gasteiger partial charge in [-0.15, -0.1) is 23.5 Å². The topological polar surface area (TPSA) is 75.7 Å². The Morgan fingerprint density at radius 3 is 1.92 bits per heavy atom. The zero-order valence-electron chi connectivity index (χ0n) is 26.1. The molecule has 5 aromatic carbocycles. The number of ether oxygens (including phenoxy) is 1. The molecule has 0 aromatic heterocycles. The van der Waals surface area contributed by atoms with Crippen LogP contribution in [0.4, 0.5) is 0 Å². The van der Waals surface area contributed by atoms with E-state index in [1.165, 1.54) is 23.5 Å². The number of esters is 1. The Balaban J connectivity index is 1.14. The van der Waals surface area contributed by atoms with Gasteiger partial charge in [-0.2, -0.15) is 0 Å². The van der Waals surface area contributed by atoms with E-state index in [1.807, 2.05) is 121 Å². The van der Waals surface area contributed by atoms with Crippen LogP contribution in [0.3, 0.4) is 0 Å². The van der Waals surface area contributed by atoms with Crippen LogP contribution in [-0.2, 0) is 25.5 Å². The summed E-state index contributed by atoms with van der Waals surface area (Å²) in [6, 6.07) is 46.6. The van der Waals surface area contributed by atoms with Gasteiger partial charge >= 0.3 is 5.97 Å². The molecule has 2 amide bonds. The summed E-state index contributed by atoms with van der Waals surface area (Å²) in [6.07, 6.45) is -0.411. The van der Waals surface area contributed by atoms with E-state index in [0.717, 1.165) is 32.7 Å². The molecule has 48 heavy (non-hydrogen) atoms. The number of nitrogens with zero attached hydrogens (tertiary/aromatic N) is 1. The van der Waals surface area contributed by atoms with E-state index in [2.05, 4.69) is 29.6 Å². The van der Waals surface area contributed by atoms with Crippen LogP contribution in [0.25, 0.3) is 11.1 Å². The summed E-state index contributed by atoms with van der Waals surface area (Å²) in [5.41, 5.74) is 4.81. The predicted octanol–water partition coefficient (Wildman–Crippen LogP) is 7.16. The van der Waals surface area contributed by atoms with Crippen molar-refractivity contribution < 1.29 is 19.1 Å². The van der Waals surface area contributed by atoms with Crippen LogP contribution in [0.5, 0.6) is 0 Å². The van der Waals surface area contributed by atoms with Crippen LogP contribution >= 0.6 is 23.5 Å². The lowest BCUT2D eigenvalue weighted by Crippen LogP contribution is -2.74. The number of β-lactam (4-membered cyclic amide) rings is 1. The average Bonchev–Trinajstić information content (AvgIpc) is 3.14. The molecule has 7 rings (SSSR count). The van der Waals surface area contributed by atoms with Gasteiger partial charge in [0.25, 0.3) is 0 Å². The van der Waals surface area contributed by atoms with Gasteiger partial charge in [-0.1, -0.05) is 133 Å². The number of carbonyl (C=O) groups excluding carboxylic acids is 3. The molecule has 2 saturated heterocycles. The number of rotatable bonds is 10. The average molecular weight is 671 g/mol. The third kappa shape index (κ3) is 6.77. The SMILES string of the molecule is O=C(Cc1ccccc1)N[C@@H]1C(=O)N2CC(Sc3ccc(-c4ccccc4)cc3)(C(=O)OC(c3ccccc3)c3ccccc3)CS[C@H]12. The molecule has 2 fully saturated rings. The normalized spacial score (nSPS) is 20.0. The fourth-order valence-electron chi connectivity index (χ4n) is 6.15. The van der Waals surface area contributed by atoms with Crippen molar-refractivity contribution in [3.8, 4) is 11.1 Å². The van der Waals surface area contributed by atoms with Gasteiger partial charge in [-0.3, -0.25) is 14.4 Å². The van der Waals surface area contributed by atoms with Gasteiger partial charge in [0.05, 0.1) is 6.42 Å². The van der Waals surface area contributed by atoms with Crippen molar-refractivity contribution in [2.75, 3.05) is 12.3 Å². The van der Waals surface area contributed by atoms with Gasteiger partial charge in [-0.25, -0.2) is 0 Å². The Bertz CT molecular complexity index is 1840. The van der Waals surface area contributed by atoms with Gasteiger partial charge in [0, 0.05) is 17.2 Å². The number of carbonyl (C=O) groups is 3. The van der Waals surface area contributed by atoms with E-state index in [9.17, 15) is 14.4 Å². The molecule has 0 spiro atoms. The molecule has 0 bridgehead atoms. The van der Waals surface area contributed by atoms with E-state index in [-0.39, 0.29) is 36.1 Å². The smallest absolute Gasteiger partial charge is 0.326 e. The number of hydrogen-bond donors (Lipinski definition) is 1. The van der Waals surface area contributed by atoms with E-state index in [1.54, 1.807) is 4.90 Å². The summed E-state index contributed by atoms with van der Waals surface area (Å²) < 4.78 is 5.37. The summed E-state index contributed by atoms with van der Waals surface area (Å²) >= 11 is 2.95. The summed E-state index contributed by atoms with van der Waals surface area (Å²) in [4.78, 5) is 43.6. The predicted molar refractivity (Wildman–Crippen MR) is 191 cm³/mol. The van der Waals surface area contributed by atoms with Crippen molar-refractivity contribution in [2.24, 2.45) is 0 Å². The third-order valence-corrected chi connectivity index (χ3v) is 11.7. The number of hydrogen-bond acceptors (Lipinski definition) is 6. The maximum atomic E-state index is 14.6. The van der Waals surface area contributed by atoms with Gasteiger partial charge in [0.15, 0.2) is 6.10 Å². The first kappa shape index (κ1) is 31.8. The molecule has 6 nitrogen and oxygen atoms in total. The van der Waals surface area contributed by atoms with Crippen LogP contribution in [0, 0.1) is 0 Å². The molecule has 240 valence electrons. The molecular formula is C40H34N2O4S2.